The first-order valence-electron chi connectivity index (χ1n) is 10.0. The minimum absolute atomic E-state index is 0.0341. The number of ether oxygens (including phenoxy) is 1. The number of carbonyl (C=O) groups excluding carboxylic acids is 1. The van der Waals surface area contributed by atoms with Crippen LogP contribution in [0, 0.1) is 0 Å². The summed E-state index contributed by atoms with van der Waals surface area (Å²) in [4.78, 5) is 43.7. The van der Waals surface area contributed by atoms with Gasteiger partial charge in [-0.25, -0.2) is 9.59 Å². The monoisotopic (exact) mass is 439 g/mol. The molecule has 0 bridgehead atoms. The maximum atomic E-state index is 12.8. The summed E-state index contributed by atoms with van der Waals surface area (Å²) in [6.45, 7) is 5.71. The van der Waals surface area contributed by atoms with Crippen LogP contribution in [0.25, 0.3) is 10.9 Å². The van der Waals surface area contributed by atoms with Crippen LogP contribution < -0.4 is 5.56 Å². The molecule has 2 aromatic heterocycles. The van der Waals surface area contributed by atoms with Gasteiger partial charge in [-0.3, -0.25) is 9.78 Å². The van der Waals surface area contributed by atoms with Crippen LogP contribution in [0.4, 0.5) is 4.79 Å². The van der Waals surface area contributed by atoms with Crippen molar-refractivity contribution in [3.05, 3.63) is 69.8 Å². The molecular weight excluding hydrogens is 414 g/mol. The van der Waals surface area contributed by atoms with Crippen molar-refractivity contribution in [3.8, 4) is 5.75 Å². The molecule has 0 spiro atoms. The molecule has 1 aromatic carbocycles. The van der Waals surface area contributed by atoms with Crippen LogP contribution in [0.1, 0.15) is 42.4 Å². The number of amides is 1. The molecule has 3 aromatic rings. The molecule has 0 saturated carbocycles. The number of phenolic OH excluding ortho intramolecular Hbond substituents is 1. The molecule has 168 valence electrons. The van der Waals surface area contributed by atoms with Crippen LogP contribution in [0.2, 0.25) is 0 Å². The Labute approximate surface area is 184 Å². The lowest BCUT2D eigenvalue weighted by atomic mass is 10.0. The molecule has 0 saturated heterocycles. The molecule has 0 unspecified atom stereocenters. The molecule has 1 amide bonds. The molecule has 32 heavy (non-hydrogen) atoms. The summed E-state index contributed by atoms with van der Waals surface area (Å²) in [6, 6.07) is 9.24. The average molecular weight is 439 g/mol. The van der Waals surface area contributed by atoms with Crippen molar-refractivity contribution in [3.63, 3.8) is 0 Å². The van der Waals surface area contributed by atoms with E-state index < -0.39 is 17.7 Å². The lowest BCUT2D eigenvalue weighted by Gasteiger charge is -2.27. The number of nitrogens with zero attached hydrogens (tertiary/aromatic N) is 2. The van der Waals surface area contributed by atoms with Gasteiger partial charge in [0.25, 0.3) is 0 Å². The summed E-state index contributed by atoms with van der Waals surface area (Å²) in [5, 5.41) is 19.8. The van der Waals surface area contributed by atoms with Crippen LogP contribution in [-0.4, -0.2) is 49.3 Å². The van der Waals surface area contributed by atoms with Crippen LogP contribution in [0.15, 0.2) is 47.4 Å². The van der Waals surface area contributed by atoms with Crippen LogP contribution in [-0.2, 0) is 17.7 Å². The van der Waals surface area contributed by atoms with E-state index in [9.17, 15) is 19.5 Å². The van der Waals surface area contributed by atoms with Gasteiger partial charge in [-0.1, -0.05) is 6.07 Å². The van der Waals surface area contributed by atoms with Crippen molar-refractivity contribution >= 4 is 23.0 Å². The molecule has 2 heterocycles. The average Bonchev–Trinajstić information content (AvgIpc) is 2.71. The summed E-state index contributed by atoms with van der Waals surface area (Å²) in [7, 11) is 0. The molecule has 9 nitrogen and oxygen atoms in total. The van der Waals surface area contributed by atoms with E-state index in [1.165, 1.54) is 29.3 Å². The number of aromatic hydroxyl groups is 1. The summed E-state index contributed by atoms with van der Waals surface area (Å²) >= 11 is 0. The van der Waals surface area contributed by atoms with E-state index >= 15 is 0 Å². The number of carbonyl (C=O) groups is 2. The molecule has 9 heteroatoms. The minimum Gasteiger partial charge on any atom is -0.506 e. The van der Waals surface area contributed by atoms with E-state index in [0.29, 0.717) is 23.0 Å². The molecule has 0 radical (unpaired) electrons. The predicted octanol–water partition coefficient (Wildman–Crippen LogP) is 3.31. The topological polar surface area (TPSA) is 133 Å². The highest BCUT2D eigenvalue weighted by Gasteiger charge is 2.23. The van der Waals surface area contributed by atoms with E-state index in [4.69, 9.17) is 9.84 Å². The second-order valence-corrected chi connectivity index (χ2v) is 8.35. The van der Waals surface area contributed by atoms with Crippen molar-refractivity contribution in [2.24, 2.45) is 0 Å². The fourth-order valence-electron chi connectivity index (χ4n) is 3.17. The lowest BCUT2D eigenvalue weighted by molar-refractivity contribution is 0.0233. The second-order valence-electron chi connectivity index (χ2n) is 8.35. The Morgan fingerprint density at radius 1 is 1.12 bits per heavy atom. The van der Waals surface area contributed by atoms with Gasteiger partial charge in [0.1, 0.15) is 11.4 Å². The number of aromatic nitrogens is 2. The molecule has 3 rings (SSSR count). The Hall–Kier alpha value is -3.88. The van der Waals surface area contributed by atoms with E-state index in [1.807, 2.05) is 0 Å². The lowest BCUT2D eigenvalue weighted by Crippen LogP contribution is -2.37. The maximum Gasteiger partial charge on any atom is 0.410 e. The van der Waals surface area contributed by atoms with Crippen LogP contribution >= 0.6 is 0 Å². The SMILES string of the molecule is CC(C)(C)OC(=O)N(CCc1ccc(O)c2[nH]c(=O)ccc12)Cc1ccc(C(=O)O)cn1. The predicted molar refractivity (Wildman–Crippen MR) is 118 cm³/mol. The number of aromatic amines is 1. The number of carboxylic acid groups (broad SMARTS) is 1. The normalized spacial score (nSPS) is 11.3. The number of benzene rings is 1. The van der Waals surface area contributed by atoms with Crippen molar-refractivity contribution in [1.29, 1.82) is 0 Å². The number of H-pyrrole nitrogens is 1. The van der Waals surface area contributed by atoms with Crippen molar-refractivity contribution in [2.45, 2.75) is 39.3 Å². The number of phenols is 1. The Bertz CT molecular complexity index is 1200. The van der Waals surface area contributed by atoms with Gasteiger partial charge in [0.15, 0.2) is 0 Å². The van der Waals surface area contributed by atoms with Crippen LogP contribution in [0.3, 0.4) is 0 Å². The zero-order chi connectivity index (χ0) is 23.5. The third-order valence-electron chi connectivity index (χ3n) is 4.69. The van der Waals surface area contributed by atoms with Crippen molar-refractivity contribution < 1.29 is 24.5 Å². The van der Waals surface area contributed by atoms with Gasteiger partial charge in [-0.2, -0.15) is 0 Å². The Morgan fingerprint density at radius 3 is 2.50 bits per heavy atom. The number of fused-ring (bicyclic) bond motifs is 1. The van der Waals surface area contributed by atoms with E-state index in [1.54, 1.807) is 39.0 Å². The number of hydrogen-bond acceptors (Lipinski definition) is 6. The van der Waals surface area contributed by atoms with Gasteiger partial charge in [0.05, 0.1) is 23.3 Å². The highest BCUT2D eigenvalue weighted by Crippen LogP contribution is 2.25. The third-order valence-corrected chi connectivity index (χ3v) is 4.69. The van der Waals surface area contributed by atoms with Gasteiger partial charge in [-0.05, 0) is 57.0 Å². The molecule has 0 aliphatic rings. The number of hydrogen-bond donors (Lipinski definition) is 3. The highest BCUT2D eigenvalue weighted by atomic mass is 16.6. The van der Waals surface area contributed by atoms with E-state index in [2.05, 4.69) is 9.97 Å². The summed E-state index contributed by atoms with van der Waals surface area (Å²) in [5.41, 5.74) is 0.723. The van der Waals surface area contributed by atoms with Gasteiger partial charge >= 0.3 is 12.1 Å². The molecule has 0 aliphatic heterocycles. The van der Waals surface area contributed by atoms with Gasteiger partial charge in [0, 0.05) is 24.2 Å². The fraction of sp³-hybridized carbons (Fsp3) is 0.304. The second kappa shape index (κ2) is 9.09. The summed E-state index contributed by atoms with van der Waals surface area (Å²) < 4.78 is 5.52. The summed E-state index contributed by atoms with van der Waals surface area (Å²) in [5.74, 6) is -1.11. The van der Waals surface area contributed by atoms with Crippen LogP contribution in [0.5, 0.6) is 5.75 Å². The quantitative estimate of drug-likeness (QED) is 0.537. The highest BCUT2D eigenvalue weighted by molar-refractivity contribution is 5.87. The first-order valence-corrected chi connectivity index (χ1v) is 10.0. The molecular formula is C23H25N3O6. The zero-order valence-corrected chi connectivity index (χ0v) is 18.1. The van der Waals surface area contributed by atoms with E-state index in [-0.39, 0.29) is 30.0 Å². The Balaban J connectivity index is 1.85. The zero-order valence-electron chi connectivity index (χ0n) is 18.1. The Morgan fingerprint density at radius 2 is 1.88 bits per heavy atom. The van der Waals surface area contributed by atoms with Gasteiger partial charge in [0.2, 0.25) is 5.56 Å². The van der Waals surface area contributed by atoms with Crippen molar-refractivity contribution in [2.75, 3.05) is 6.54 Å². The smallest absolute Gasteiger partial charge is 0.410 e. The third kappa shape index (κ3) is 5.63. The summed E-state index contributed by atoms with van der Waals surface area (Å²) in [6.07, 6.45) is 1.14. The number of nitrogens with one attached hydrogen (secondary N) is 1. The van der Waals surface area contributed by atoms with Gasteiger partial charge in [-0.15, -0.1) is 0 Å². The first-order chi connectivity index (χ1) is 15.0. The molecule has 3 N–H and O–H groups in total. The number of rotatable bonds is 6. The number of carboxylic acids is 1. The maximum absolute atomic E-state index is 12.8. The van der Waals surface area contributed by atoms with Crippen molar-refractivity contribution in [1.82, 2.24) is 14.9 Å². The molecule has 0 fully saturated rings. The molecule has 0 atom stereocenters. The Kier molecular flexibility index (Phi) is 6.47. The first kappa shape index (κ1) is 22.8. The fourth-order valence-corrected chi connectivity index (χ4v) is 3.17. The largest absolute Gasteiger partial charge is 0.506 e. The molecule has 0 aliphatic carbocycles. The number of aromatic carboxylic acids is 1. The standard InChI is InChI=1S/C23H25N3O6/c1-23(2,3)32-22(31)26(13-16-6-4-15(12-24-16)21(29)30)11-10-14-5-8-18(27)20-17(14)7-9-19(28)25-20/h4-9,12,27H,10-11,13H2,1-3H3,(H,25,28)(H,29,30). The minimum atomic E-state index is -1.08. The number of pyridine rings is 2. The van der Waals surface area contributed by atoms with Gasteiger partial charge < -0.3 is 24.8 Å². The van der Waals surface area contributed by atoms with E-state index in [0.717, 1.165) is 5.56 Å².